The molecule has 3 heterocycles. The minimum absolute atomic E-state index is 0.0668. The Kier molecular flexibility index (Phi) is 5.77. The van der Waals surface area contributed by atoms with Crippen molar-refractivity contribution >= 4 is 11.8 Å². The molecule has 2 aliphatic rings. The number of carbonyl (C=O) groups excluding carboxylic acids is 2. The third kappa shape index (κ3) is 4.52. The Morgan fingerprint density at radius 2 is 2.12 bits per heavy atom. The second-order valence-corrected chi connectivity index (χ2v) is 6.23. The van der Waals surface area contributed by atoms with Gasteiger partial charge in [-0.05, 0) is 12.1 Å². The monoisotopic (exact) mass is 332 g/mol. The highest BCUT2D eigenvalue weighted by atomic mass is 16.5. The van der Waals surface area contributed by atoms with Crippen molar-refractivity contribution in [3.8, 4) is 0 Å². The summed E-state index contributed by atoms with van der Waals surface area (Å²) in [6.45, 7) is 5.78. The number of hydrogen-bond acceptors (Lipinski definition) is 5. The van der Waals surface area contributed by atoms with Crippen molar-refractivity contribution < 1.29 is 14.3 Å². The molecule has 1 N–H and O–H groups in total. The van der Waals surface area contributed by atoms with E-state index in [1.165, 1.54) is 0 Å². The molecule has 0 bridgehead atoms. The molecule has 7 nitrogen and oxygen atoms in total. The molecule has 7 heteroatoms. The van der Waals surface area contributed by atoms with Crippen LogP contribution < -0.4 is 5.32 Å². The third-order valence-electron chi connectivity index (χ3n) is 4.55. The van der Waals surface area contributed by atoms with Crippen molar-refractivity contribution in [3.05, 3.63) is 30.1 Å². The van der Waals surface area contributed by atoms with E-state index in [4.69, 9.17) is 4.74 Å². The Bertz CT molecular complexity index is 560. The van der Waals surface area contributed by atoms with Gasteiger partial charge in [0.25, 0.3) is 0 Å². The van der Waals surface area contributed by atoms with Crippen molar-refractivity contribution in [1.82, 2.24) is 20.1 Å². The molecule has 0 spiro atoms. The minimum Gasteiger partial charge on any atom is -0.379 e. The van der Waals surface area contributed by atoms with Gasteiger partial charge in [-0.25, -0.2) is 0 Å². The SMILES string of the molecule is O=C(NCc1ccccn1)C1CC(=O)N(CCN2CCOCC2)C1. The van der Waals surface area contributed by atoms with E-state index in [-0.39, 0.29) is 17.7 Å². The fourth-order valence-corrected chi connectivity index (χ4v) is 3.08. The number of rotatable bonds is 6. The Balaban J connectivity index is 1.42. The molecule has 1 atom stereocenters. The molecule has 0 saturated carbocycles. The summed E-state index contributed by atoms with van der Waals surface area (Å²) in [5.41, 5.74) is 0.819. The lowest BCUT2D eigenvalue weighted by Gasteiger charge is -2.28. The van der Waals surface area contributed by atoms with Crippen LogP contribution in [0.15, 0.2) is 24.4 Å². The quantitative estimate of drug-likeness (QED) is 0.786. The predicted octanol–water partition coefficient (Wildman–Crippen LogP) is -0.121. The number of nitrogens with one attached hydrogen (secondary N) is 1. The lowest BCUT2D eigenvalue weighted by molar-refractivity contribution is -0.129. The average molecular weight is 332 g/mol. The maximum atomic E-state index is 12.3. The second kappa shape index (κ2) is 8.21. The number of pyridine rings is 1. The summed E-state index contributed by atoms with van der Waals surface area (Å²) < 4.78 is 5.32. The number of carbonyl (C=O) groups is 2. The van der Waals surface area contributed by atoms with Crippen LogP contribution in [0.4, 0.5) is 0 Å². The van der Waals surface area contributed by atoms with Gasteiger partial charge in [-0.1, -0.05) is 6.07 Å². The van der Waals surface area contributed by atoms with Gasteiger partial charge >= 0.3 is 0 Å². The van der Waals surface area contributed by atoms with Crippen LogP contribution in [-0.2, 0) is 20.9 Å². The number of amides is 2. The molecule has 2 amide bonds. The van der Waals surface area contributed by atoms with Gasteiger partial charge in [0.05, 0.1) is 31.4 Å². The van der Waals surface area contributed by atoms with Crippen LogP contribution in [0, 0.1) is 5.92 Å². The summed E-state index contributed by atoms with van der Waals surface area (Å²) in [5.74, 6) is -0.255. The smallest absolute Gasteiger partial charge is 0.225 e. The molecule has 24 heavy (non-hydrogen) atoms. The lowest BCUT2D eigenvalue weighted by atomic mass is 10.1. The third-order valence-corrected chi connectivity index (χ3v) is 4.55. The van der Waals surface area contributed by atoms with Crippen molar-refractivity contribution in [1.29, 1.82) is 0 Å². The summed E-state index contributed by atoms with van der Waals surface area (Å²) in [4.78, 5) is 32.7. The molecule has 3 rings (SSSR count). The number of aromatic nitrogens is 1. The van der Waals surface area contributed by atoms with Gasteiger partial charge in [-0.3, -0.25) is 19.5 Å². The number of likely N-dealkylation sites (tertiary alicyclic amines) is 1. The summed E-state index contributed by atoms with van der Waals surface area (Å²) in [6.07, 6.45) is 2.01. The van der Waals surface area contributed by atoms with Gasteiger partial charge in [-0.15, -0.1) is 0 Å². The normalized spacial score (nSPS) is 21.9. The molecule has 0 aliphatic carbocycles. The van der Waals surface area contributed by atoms with Crippen LogP contribution >= 0.6 is 0 Å². The van der Waals surface area contributed by atoms with E-state index >= 15 is 0 Å². The summed E-state index contributed by atoms with van der Waals surface area (Å²) in [5, 5.41) is 2.88. The molecule has 0 aromatic carbocycles. The van der Waals surface area contributed by atoms with Crippen molar-refractivity contribution in [3.63, 3.8) is 0 Å². The van der Waals surface area contributed by atoms with Crippen LogP contribution in [0.25, 0.3) is 0 Å². The van der Waals surface area contributed by atoms with E-state index in [0.717, 1.165) is 38.5 Å². The van der Waals surface area contributed by atoms with Gasteiger partial charge in [-0.2, -0.15) is 0 Å². The van der Waals surface area contributed by atoms with E-state index in [1.54, 1.807) is 11.1 Å². The average Bonchev–Trinajstić information content (AvgIpc) is 3.00. The highest BCUT2D eigenvalue weighted by Gasteiger charge is 2.34. The summed E-state index contributed by atoms with van der Waals surface area (Å²) in [6, 6.07) is 5.60. The van der Waals surface area contributed by atoms with Crippen molar-refractivity contribution in [2.24, 2.45) is 5.92 Å². The van der Waals surface area contributed by atoms with Crippen LogP contribution in [-0.4, -0.2) is 72.5 Å². The largest absolute Gasteiger partial charge is 0.379 e. The van der Waals surface area contributed by atoms with E-state index in [9.17, 15) is 9.59 Å². The highest BCUT2D eigenvalue weighted by Crippen LogP contribution is 2.18. The first-order valence-corrected chi connectivity index (χ1v) is 8.48. The van der Waals surface area contributed by atoms with Gasteiger partial charge in [0, 0.05) is 45.3 Å². The standard InChI is InChI=1S/C17H24N4O3/c22-16-11-14(17(23)19-12-15-3-1-2-4-18-15)13-21(16)6-5-20-7-9-24-10-8-20/h1-4,14H,5-13H2,(H,19,23). The van der Waals surface area contributed by atoms with Gasteiger partial charge in [0.2, 0.25) is 11.8 Å². The molecule has 2 fully saturated rings. The molecule has 2 aliphatic heterocycles. The number of nitrogens with zero attached hydrogens (tertiary/aromatic N) is 3. The zero-order valence-corrected chi connectivity index (χ0v) is 13.8. The van der Waals surface area contributed by atoms with Crippen LogP contribution in [0.5, 0.6) is 0 Å². The fourth-order valence-electron chi connectivity index (χ4n) is 3.08. The highest BCUT2D eigenvalue weighted by molar-refractivity contribution is 5.89. The molecule has 1 aromatic heterocycles. The van der Waals surface area contributed by atoms with Gasteiger partial charge in [0.1, 0.15) is 0 Å². The van der Waals surface area contributed by atoms with Gasteiger partial charge < -0.3 is 15.0 Å². The fraction of sp³-hybridized carbons (Fsp3) is 0.588. The Morgan fingerprint density at radius 3 is 2.88 bits per heavy atom. The number of ether oxygens (including phenoxy) is 1. The molecular weight excluding hydrogens is 308 g/mol. The summed E-state index contributed by atoms with van der Waals surface area (Å²) in [7, 11) is 0. The van der Waals surface area contributed by atoms with Crippen LogP contribution in [0.3, 0.4) is 0 Å². The molecular formula is C17H24N4O3. The van der Waals surface area contributed by atoms with Crippen LogP contribution in [0.1, 0.15) is 12.1 Å². The Morgan fingerprint density at radius 1 is 1.29 bits per heavy atom. The minimum atomic E-state index is -0.258. The van der Waals surface area contributed by atoms with Gasteiger partial charge in [0.15, 0.2) is 0 Å². The number of morpholine rings is 1. The first kappa shape index (κ1) is 16.9. The Labute approximate surface area is 142 Å². The van der Waals surface area contributed by atoms with Crippen molar-refractivity contribution in [2.45, 2.75) is 13.0 Å². The first-order valence-electron chi connectivity index (χ1n) is 8.48. The topological polar surface area (TPSA) is 74.8 Å². The maximum absolute atomic E-state index is 12.3. The molecule has 0 radical (unpaired) electrons. The first-order chi connectivity index (χ1) is 11.7. The Hall–Kier alpha value is -1.99. The van der Waals surface area contributed by atoms with E-state index < -0.39 is 0 Å². The van der Waals surface area contributed by atoms with E-state index in [2.05, 4.69) is 15.2 Å². The molecule has 1 aromatic rings. The number of hydrogen-bond donors (Lipinski definition) is 1. The zero-order valence-electron chi connectivity index (χ0n) is 13.8. The zero-order chi connectivity index (χ0) is 16.8. The van der Waals surface area contributed by atoms with E-state index in [1.807, 2.05) is 18.2 Å². The summed E-state index contributed by atoms with van der Waals surface area (Å²) >= 11 is 0. The van der Waals surface area contributed by atoms with Crippen LogP contribution in [0.2, 0.25) is 0 Å². The maximum Gasteiger partial charge on any atom is 0.225 e. The lowest BCUT2D eigenvalue weighted by Crippen LogP contribution is -2.42. The second-order valence-electron chi connectivity index (χ2n) is 6.23. The van der Waals surface area contributed by atoms with E-state index in [0.29, 0.717) is 26.1 Å². The predicted molar refractivity (Wildman–Crippen MR) is 88.0 cm³/mol. The van der Waals surface area contributed by atoms with Crippen molar-refractivity contribution in [2.75, 3.05) is 45.9 Å². The molecule has 1 unspecified atom stereocenters. The molecule has 130 valence electrons. The molecule has 2 saturated heterocycles.